The largest absolute Gasteiger partial charge is 0.486 e. The third-order valence-electron chi connectivity index (χ3n) is 4.11. The number of ether oxygens (including phenoxy) is 2. The molecule has 0 spiro atoms. The first-order chi connectivity index (χ1) is 9.78. The number of aliphatic hydroxyl groups is 1. The minimum atomic E-state index is -0.162. The molecule has 0 bridgehead atoms. The Balaban J connectivity index is 1.78. The first-order valence-corrected chi connectivity index (χ1v) is 7.29. The molecule has 1 saturated heterocycles. The number of hydrogen-bond donors (Lipinski definition) is 2. The van der Waals surface area contributed by atoms with Crippen LogP contribution in [-0.4, -0.2) is 49.0 Å². The Morgan fingerprint density at radius 1 is 1.20 bits per heavy atom. The van der Waals surface area contributed by atoms with Crippen LogP contribution in [0.2, 0.25) is 0 Å². The van der Waals surface area contributed by atoms with Gasteiger partial charge in [-0.3, -0.25) is 4.90 Å². The lowest BCUT2D eigenvalue weighted by molar-refractivity contribution is 0.0620. The highest BCUT2D eigenvalue weighted by Crippen LogP contribution is 2.34. The number of fused-ring (bicyclic) bond motifs is 1. The second kappa shape index (κ2) is 5.99. The molecule has 2 aliphatic rings. The third kappa shape index (κ3) is 2.75. The van der Waals surface area contributed by atoms with Gasteiger partial charge in [0, 0.05) is 25.7 Å². The van der Waals surface area contributed by atoms with E-state index < -0.39 is 0 Å². The smallest absolute Gasteiger partial charge is 0.161 e. The zero-order valence-electron chi connectivity index (χ0n) is 11.6. The Labute approximate surface area is 119 Å². The van der Waals surface area contributed by atoms with Crippen LogP contribution in [0.5, 0.6) is 11.5 Å². The number of nitrogens with two attached hydrogens (primary N) is 1. The molecule has 1 aromatic carbocycles. The molecule has 1 atom stereocenters. The summed E-state index contributed by atoms with van der Waals surface area (Å²) in [5.41, 5.74) is 7.13. The van der Waals surface area contributed by atoms with Crippen LogP contribution in [0.4, 0.5) is 0 Å². The van der Waals surface area contributed by atoms with E-state index in [1.807, 2.05) is 12.1 Å². The van der Waals surface area contributed by atoms with Gasteiger partial charge in [0.2, 0.25) is 0 Å². The molecule has 5 nitrogen and oxygen atoms in total. The minimum Gasteiger partial charge on any atom is -0.486 e. The molecule has 3 N–H and O–H groups in total. The molecule has 1 aromatic rings. The monoisotopic (exact) mass is 278 g/mol. The van der Waals surface area contributed by atoms with Crippen molar-refractivity contribution in [3.05, 3.63) is 23.8 Å². The standard InChI is InChI=1S/C15H22N2O3/c16-10-13(17-5-3-12(18)4-6-17)11-1-2-14-15(9-11)20-8-7-19-14/h1-2,9,12-13,18H,3-8,10,16H2. The lowest BCUT2D eigenvalue weighted by Gasteiger charge is -2.36. The van der Waals surface area contributed by atoms with Crippen LogP contribution in [0.15, 0.2) is 18.2 Å². The average Bonchev–Trinajstić information content (AvgIpc) is 2.50. The fourth-order valence-corrected chi connectivity index (χ4v) is 2.96. The van der Waals surface area contributed by atoms with E-state index in [-0.39, 0.29) is 12.1 Å². The van der Waals surface area contributed by atoms with Crippen molar-refractivity contribution in [1.29, 1.82) is 0 Å². The Bertz CT molecular complexity index is 458. The van der Waals surface area contributed by atoms with Crippen LogP contribution in [-0.2, 0) is 0 Å². The number of likely N-dealkylation sites (tertiary alicyclic amines) is 1. The van der Waals surface area contributed by atoms with Gasteiger partial charge in [-0.25, -0.2) is 0 Å². The predicted molar refractivity (Wildman–Crippen MR) is 76.0 cm³/mol. The van der Waals surface area contributed by atoms with E-state index in [2.05, 4.69) is 11.0 Å². The van der Waals surface area contributed by atoms with E-state index in [9.17, 15) is 5.11 Å². The maximum absolute atomic E-state index is 9.62. The molecule has 0 aromatic heterocycles. The second-order valence-corrected chi connectivity index (χ2v) is 5.42. The molecule has 0 amide bonds. The Morgan fingerprint density at radius 3 is 2.60 bits per heavy atom. The van der Waals surface area contributed by atoms with Gasteiger partial charge in [-0.1, -0.05) is 6.07 Å². The fraction of sp³-hybridized carbons (Fsp3) is 0.600. The van der Waals surface area contributed by atoms with Gasteiger partial charge in [0.05, 0.1) is 6.10 Å². The van der Waals surface area contributed by atoms with E-state index in [1.54, 1.807) is 0 Å². The molecule has 110 valence electrons. The molecule has 5 heteroatoms. The summed E-state index contributed by atoms with van der Waals surface area (Å²) in [4.78, 5) is 2.35. The molecule has 3 rings (SSSR count). The molecule has 20 heavy (non-hydrogen) atoms. The van der Waals surface area contributed by atoms with Crippen molar-refractivity contribution in [2.24, 2.45) is 5.73 Å². The molecule has 0 radical (unpaired) electrons. The van der Waals surface area contributed by atoms with Gasteiger partial charge in [-0.2, -0.15) is 0 Å². The summed E-state index contributed by atoms with van der Waals surface area (Å²) < 4.78 is 11.2. The van der Waals surface area contributed by atoms with Gasteiger partial charge in [-0.15, -0.1) is 0 Å². The van der Waals surface area contributed by atoms with Crippen molar-refractivity contribution >= 4 is 0 Å². The molecule has 0 aliphatic carbocycles. The first-order valence-electron chi connectivity index (χ1n) is 7.29. The molecule has 2 aliphatic heterocycles. The molecule has 1 unspecified atom stereocenters. The van der Waals surface area contributed by atoms with Gasteiger partial charge in [0.15, 0.2) is 11.5 Å². The number of nitrogens with zero attached hydrogens (tertiary/aromatic N) is 1. The van der Waals surface area contributed by atoms with Gasteiger partial charge >= 0.3 is 0 Å². The number of benzene rings is 1. The van der Waals surface area contributed by atoms with Gasteiger partial charge in [-0.05, 0) is 30.5 Å². The summed E-state index contributed by atoms with van der Waals surface area (Å²) in [5.74, 6) is 1.62. The summed E-state index contributed by atoms with van der Waals surface area (Å²) in [6, 6.07) is 6.25. The van der Waals surface area contributed by atoms with Crippen molar-refractivity contribution < 1.29 is 14.6 Å². The van der Waals surface area contributed by atoms with Crippen molar-refractivity contribution in [2.75, 3.05) is 32.8 Å². The highest BCUT2D eigenvalue weighted by atomic mass is 16.6. The summed E-state index contributed by atoms with van der Waals surface area (Å²) in [6.07, 6.45) is 1.48. The summed E-state index contributed by atoms with van der Waals surface area (Å²) in [5, 5.41) is 9.62. The quantitative estimate of drug-likeness (QED) is 0.860. The van der Waals surface area contributed by atoms with Crippen LogP contribution in [0.3, 0.4) is 0 Å². The lowest BCUT2D eigenvalue weighted by Crippen LogP contribution is -2.41. The number of piperidine rings is 1. The van der Waals surface area contributed by atoms with Crippen molar-refractivity contribution in [1.82, 2.24) is 4.90 Å². The normalized spacial score (nSPS) is 21.7. The van der Waals surface area contributed by atoms with E-state index >= 15 is 0 Å². The Hall–Kier alpha value is -1.30. The lowest BCUT2D eigenvalue weighted by atomic mass is 10.00. The minimum absolute atomic E-state index is 0.162. The zero-order chi connectivity index (χ0) is 13.9. The topological polar surface area (TPSA) is 68.0 Å². The maximum Gasteiger partial charge on any atom is 0.161 e. The molecular weight excluding hydrogens is 256 g/mol. The van der Waals surface area contributed by atoms with E-state index in [0.717, 1.165) is 43.0 Å². The van der Waals surface area contributed by atoms with Crippen molar-refractivity contribution in [2.45, 2.75) is 25.0 Å². The predicted octanol–water partition coefficient (Wildman–Crippen LogP) is 0.914. The Kier molecular flexibility index (Phi) is 4.10. The SMILES string of the molecule is NCC(c1ccc2c(c1)OCCO2)N1CCC(O)CC1. The summed E-state index contributed by atoms with van der Waals surface area (Å²) >= 11 is 0. The first kappa shape index (κ1) is 13.7. The maximum atomic E-state index is 9.62. The molecular formula is C15H22N2O3. The molecule has 2 heterocycles. The van der Waals surface area contributed by atoms with Gasteiger partial charge in [0.1, 0.15) is 13.2 Å². The van der Waals surface area contributed by atoms with Crippen LogP contribution >= 0.6 is 0 Å². The van der Waals surface area contributed by atoms with E-state index in [0.29, 0.717) is 19.8 Å². The number of rotatable bonds is 3. The number of aliphatic hydroxyl groups excluding tert-OH is 1. The van der Waals surface area contributed by atoms with Crippen LogP contribution in [0, 0.1) is 0 Å². The van der Waals surface area contributed by atoms with Crippen molar-refractivity contribution in [3.8, 4) is 11.5 Å². The second-order valence-electron chi connectivity index (χ2n) is 5.42. The third-order valence-corrected chi connectivity index (χ3v) is 4.11. The fourth-order valence-electron chi connectivity index (χ4n) is 2.96. The highest BCUT2D eigenvalue weighted by Gasteiger charge is 2.25. The Morgan fingerprint density at radius 2 is 1.90 bits per heavy atom. The summed E-state index contributed by atoms with van der Waals surface area (Å²) in [7, 11) is 0. The molecule has 1 fully saturated rings. The summed E-state index contributed by atoms with van der Waals surface area (Å²) in [6.45, 7) is 3.54. The van der Waals surface area contributed by atoms with Crippen LogP contribution in [0.25, 0.3) is 0 Å². The van der Waals surface area contributed by atoms with Crippen LogP contribution < -0.4 is 15.2 Å². The van der Waals surface area contributed by atoms with E-state index in [1.165, 1.54) is 0 Å². The van der Waals surface area contributed by atoms with Crippen molar-refractivity contribution in [3.63, 3.8) is 0 Å². The highest BCUT2D eigenvalue weighted by molar-refractivity contribution is 5.44. The zero-order valence-corrected chi connectivity index (χ0v) is 11.6. The number of hydrogen-bond acceptors (Lipinski definition) is 5. The van der Waals surface area contributed by atoms with Crippen LogP contribution in [0.1, 0.15) is 24.4 Å². The van der Waals surface area contributed by atoms with E-state index in [4.69, 9.17) is 15.2 Å². The van der Waals surface area contributed by atoms with Gasteiger partial charge < -0.3 is 20.3 Å². The average molecular weight is 278 g/mol. The van der Waals surface area contributed by atoms with Gasteiger partial charge in [0.25, 0.3) is 0 Å². The molecule has 0 saturated carbocycles.